The van der Waals surface area contributed by atoms with Crippen LogP contribution in [0.5, 0.6) is 0 Å². The van der Waals surface area contributed by atoms with Crippen LogP contribution in [0.4, 0.5) is 5.69 Å². The molecule has 0 amide bonds. The number of nitrogens with zero attached hydrogens (tertiary/aromatic N) is 1. The summed E-state index contributed by atoms with van der Waals surface area (Å²) in [6.45, 7) is 7.84. The van der Waals surface area contributed by atoms with Crippen LogP contribution in [0, 0.1) is 69.1 Å². The fourth-order valence-corrected chi connectivity index (χ4v) is 9.25. The first-order valence-electron chi connectivity index (χ1n) is 16.5. The molecule has 5 fully saturated rings. The van der Waals surface area contributed by atoms with Crippen molar-refractivity contribution >= 4 is 11.7 Å². The second-order valence-corrected chi connectivity index (χ2v) is 13.8. The number of nitrogens with one attached hydrogen (secondary N) is 1. The van der Waals surface area contributed by atoms with E-state index >= 15 is 0 Å². The third-order valence-electron chi connectivity index (χ3n) is 11.0. The van der Waals surface area contributed by atoms with Crippen LogP contribution in [-0.4, -0.2) is 54.6 Å². The summed E-state index contributed by atoms with van der Waals surface area (Å²) in [5.41, 5.74) is 3.70. The van der Waals surface area contributed by atoms with Gasteiger partial charge in [-0.05, 0) is 127 Å². The van der Waals surface area contributed by atoms with E-state index in [1.165, 1.54) is 43.8 Å². The molecule has 10 radical (unpaired) electrons. The fourth-order valence-electron chi connectivity index (χ4n) is 9.25. The summed E-state index contributed by atoms with van der Waals surface area (Å²) in [5.74, 6) is 2.43. The quantitative estimate of drug-likeness (QED) is 0.289. The summed E-state index contributed by atoms with van der Waals surface area (Å²) in [6.07, 6.45) is 23.9. The van der Waals surface area contributed by atoms with Gasteiger partial charge >= 0.3 is 23.0 Å². The van der Waals surface area contributed by atoms with Crippen molar-refractivity contribution in [1.29, 1.82) is 0 Å². The van der Waals surface area contributed by atoms with Crippen molar-refractivity contribution in [3.05, 3.63) is 104 Å². The fraction of sp³-hybridized carbons (Fsp3) is 0.500. The Hall–Kier alpha value is -1.37. The van der Waals surface area contributed by atoms with Crippen molar-refractivity contribution in [3.63, 3.8) is 0 Å². The Labute approximate surface area is 282 Å². The summed E-state index contributed by atoms with van der Waals surface area (Å²) in [4.78, 5) is 16.2. The molecule has 1 N–H and O–H groups in total. The Morgan fingerprint density at radius 2 is 1.84 bits per heavy atom. The van der Waals surface area contributed by atoms with Crippen LogP contribution in [0.2, 0.25) is 0 Å². The number of carbonyl (C=O) groups excluding carboxylic acids is 1. The van der Waals surface area contributed by atoms with E-state index in [0.717, 1.165) is 42.8 Å². The van der Waals surface area contributed by atoms with Crippen LogP contribution in [0.1, 0.15) is 71.3 Å². The molecular weight excluding hydrogens is 604 g/mol. The van der Waals surface area contributed by atoms with Gasteiger partial charge in [-0.3, -0.25) is 4.90 Å². The molecule has 0 unspecified atom stereocenters. The Balaban J connectivity index is 0.000000545. The molecule has 1 aromatic carbocycles. The van der Waals surface area contributed by atoms with Crippen molar-refractivity contribution in [1.82, 2.24) is 4.90 Å². The molecule has 4 aliphatic carbocycles. The van der Waals surface area contributed by atoms with E-state index in [4.69, 9.17) is 14.2 Å². The summed E-state index contributed by atoms with van der Waals surface area (Å²) < 4.78 is 18.3. The number of hydrogen-bond acceptors (Lipinski definition) is 6. The van der Waals surface area contributed by atoms with Crippen molar-refractivity contribution < 1.29 is 36.1 Å². The zero-order chi connectivity index (χ0) is 30.5. The molecule has 3 aliphatic heterocycles. The van der Waals surface area contributed by atoms with Gasteiger partial charge in [-0.15, -0.1) is 0 Å². The summed E-state index contributed by atoms with van der Waals surface area (Å²) in [5, 5.41) is 3.75. The molecule has 3 saturated carbocycles. The van der Waals surface area contributed by atoms with Crippen LogP contribution < -0.4 is 5.32 Å². The third kappa shape index (κ3) is 5.86. The van der Waals surface area contributed by atoms with E-state index < -0.39 is 5.79 Å². The minimum atomic E-state index is -0.598. The second kappa shape index (κ2) is 13.3. The predicted octanol–water partition coefficient (Wildman–Crippen LogP) is 6.54. The Kier molecular flexibility index (Phi) is 9.88. The molecular formula is C38H46FeN2O4+2. The maximum atomic E-state index is 13.4. The maximum absolute atomic E-state index is 13.4. The van der Waals surface area contributed by atoms with Crippen LogP contribution >= 0.6 is 0 Å². The number of hydrogen-bond donors (Lipinski definition) is 1. The molecule has 2 saturated heterocycles. The zero-order valence-corrected chi connectivity index (χ0v) is 28.1. The number of methoxy groups -OCH3 is 1. The number of esters is 1. The number of rotatable bonds is 5. The molecule has 45 heavy (non-hydrogen) atoms. The third-order valence-corrected chi connectivity index (χ3v) is 11.0. The average Bonchev–Trinajstić information content (AvgIpc) is 3.87. The standard InChI is InChI=1S/C33H41N2O4.C5H5.Fe/c1-5-32(20-38-31(2,3)39-32)19-22-18-24(30(36)37-4)28-33(25-13-6-7-14-26(25)34-28)16-17-35(29(22)33)27-15-9-11-21-10-8-12-23(21)27;1-2-4-5-3-1;/h6-8,10,12-14,22,27,29,34H,5,9,11,15-20H2,1-4H3;1-5H;/q;;+2/t22-,27-,29-,32+,33-;;/m1../s1. The van der Waals surface area contributed by atoms with Crippen LogP contribution in [0.15, 0.2) is 35.5 Å². The largest absolute Gasteiger partial charge is 2.00 e. The van der Waals surface area contributed by atoms with E-state index in [1.807, 2.05) is 46.0 Å². The molecule has 6 nitrogen and oxygen atoms in total. The number of para-hydroxylation sites is 1. The first-order chi connectivity index (χ1) is 21.3. The van der Waals surface area contributed by atoms with Crippen molar-refractivity contribution in [2.75, 3.05) is 25.6 Å². The van der Waals surface area contributed by atoms with Crippen LogP contribution in [-0.2, 0) is 41.5 Å². The number of benzene rings is 1. The predicted molar refractivity (Wildman–Crippen MR) is 171 cm³/mol. The van der Waals surface area contributed by atoms with Crippen LogP contribution in [0.25, 0.3) is 0 Å². The maximum Gasteiger partial charge on any atom is 2.00 e. The SMILES string of the molecule is CC[C@]1(C[C@H]2CC(C(=O)OC)=C3Nc4ccccc4[C@]34CCN([C@@H]3CCC[C]5[CH][CH][CH][C]53)[C@H]24)COC(C)(C)O1.[CH]1[CH][CH][CH][CH]1.[Fe+2]. The topological polar surface area (TPSA) is 60.0 Å². The molecule has 1 aromatic rings. The van der Waals surface area contributed by atoms with Gasteiger partial charge in [0.2, 0.25) is 0 Å². The van der Waals surface area contributed by atoms with E-state index in [1.54, 1.807) is 0 Å². The summed E-state index contributed by atoms with van der Waals surface area (Å²) in [6, 6.07) is 9.34. The van der Waals surface area contributed by atoms with E-state index in [9.17, 15) is 4.79 Å². The Morgan fingerprint density at radius 1 is 1.09 bits per heavy atom. The smallest absolute Gasteiger partial charge is 0.466 e. The molecule has 8 rings (SSSR count). The van der Waals surface area contributed by atoms with Gasteiger partial charge in [0.15, 0.2) is 5.79 Å². The molecule has 3 heterocycles. The first-order valence-corrected chi connectivity index (χ1v) is 16.5. The normalized spacial score (nSPS) is 35.4. The molecule has 7 aliphatic rings. The minimum absolute atomic E-state index is 0. The van der Waals surface area contributed by atoms with Gasteiger partial charge in [-0.25, -0.2) is 4.79 Å². The number of carbonyl (C=O) groups is 1. The zero-order valence-electron chi connectivity index (χ0n) is 27.0. The second-order valence-electron chi connectivity index (χ2n) is 13.8. The van der Waals surface area contributed by atoms with Crippen molar-refractivity contribution in [3.8, 4) is 0 Å². The van der Waals surface area contributed by atoms with Gasteiger partial charge in [-0.1, -0.05) is 31.5 Å². The monoisotopic (exact) mass is 650 g/mol. The van der Waals surface area contributed by atoms with Gasteiger partial charge in [0.1, 0.15) is 0 Å². The van der Waals surface area contributed by atoms with E-state index in [-0.39, 0.29) is 46.0 Å². The average molecular weight is 651 g/mol. The van der Waals surface area contributed by atoms with Gasteiger partial charge in [0.05, 0.1) is 30.3 Å². The van der Waals surface area contributed by atoms with Crippen molar-refractivity contribution in [2.24, 2.45) is 5.92 Å². The number of fused-ring (bicyclic) bond motifs is 2. The van der Waals surface area contributed by atoms with Crippen molar-refractivity contribution in [2.45, 2.75) is 94.6 Å². The minimum Gasteiger partial charge on any atom is -0.466 e. The number of ether oxygens (including phenoxy) is 3. The molecule has 0 aromatic heterocycles. The van der Waals surface area contributed by atoms with E-state index in [2.05, 4.69) is 60.7 Å². The Bertz CT molecular complexity index is 1250. The van der Waals surface area contributed by atoms with E-state index in [0.29, 0.717) is 19.1 Å². The van der Waals surface area contributed by atoms with Gasteiger partial charge < -0.3 is 19.5 Å². The molecule has 238 valence electrons. The Morgan fingerprint density at radius 3 is 2.53 bits per heavy atom. The molecule has 5 atom stereocenters. The van der Waals surface area contributed by atoms with Crippen LogP contribution in [0.3, 0.4) is 0 Å². The van der Waals surface area contributed by atoms with Gasteiger partial charge in [-0.2, -0.15) is 0 Å². The summed E-state index contributed by atoms with van der Waals surface area (Å²) >= 11 is 0. The number of anilines is 1. The first kappa shape index (κ1) is 33.5. The molecule has 1 spiro atoms. The van der Waals surface area contributed by atoms with Gasteiger partial charge in [0.25, 0.3) is 0 Å². The molecule has 7 heteroatoms. The van der Waals surface area contributed by atoms with Gasteiger partial charge in [0, 0.05) is 35.9 Å². The molecule has 0 bridgehead atoms. The summed E-state index contributed by atoms with van der Waals surface area (Å²) in [7, 11) is 1.51. The number of likely N-dealkylation sites (tertiary alicyclic amines) is 1.